The lowest BCUT2D eigenvalue weighted by molar-refractivity contribution is -0.112. The summed E-state index contributed by atoms with van der Waals surface area (Å²) in [7, 11) is -3.53. The van der Waals surface area contributed by atoms with Gasteiger partial charge in [0.25, 0.3) is 5.91 Å². The highest BCUT2D eigenvalue weighted by Crippen LogP contribution is 2.21. The number of ether oxygens (including phenoxy) is 2. The van der Waals surface area contributed by atoms with Gasteiger partial charge in [-0.2, -0.15) is 5.26 Å². The number of amides is 1. The van der Waals surface area contributed by atoms with Crippen molar-refractivity contribution in [3.05, 3.63) is 64.7 Å². The van der Waals surface area contributed by atoms with E-state index in [4.69, 9.17) is 9.47 Å². The number of nitrogens with zero attached hydrogens (tertiary/aromatic N) is 3. The Labute approximate surface area is 201 Å². The summed E-state index contributed by atoms with van der Waals surface area (Å²) in [6, 6.07) is 14.6. The maximum Gasteiger partial charge on any atom is 0.268 e. The lowest BCUT2D eigenvalue weighted by atomic mass is 10.1. The van der Waals surface area contributed by atoms with Gasteiger partial charge in [0.15, 0.2) is 0 Å². The summed E-state index contributed by atoms with van der Waals surface area (Å²) in [5, 5.41) is 18.8. The lowest BCUT2D eigenvalue weighted by Gasteiger charge is -2.10. The van der Waals surface area contributed by atoms with Crippen molar-refractivity contribution in [3.63, 3.8) is 0 Å². The van der Waals surface area contributed by atoms with Crippen LogP contribution >= 0.6 is 11.3 Å². The molecular weight excluding hydrogens is 476 g/mol. The molecule has 1 aromatic heterocycles. The van der Waals surface area contributed by atoms with Gasteiger partial charge in [0, 0.05) is 6.26 Å². The van der Waals surface area contributed by atoms with E-state index in [1.807, 2.05) is 38.1 Å². The van der Waals surface area contributed by atoms with Gasteiger partial charge in [-0.1, -0.05) is 29.5 Å². The molecule has 0 saturated heterocycles. The number of carbonyl (C=O) groups is 1. The van der Waals surface area contributed by atoms with Crippen LogP contribution in [-0.4, -0.2) is 44.0 Å². The predicted molar refractivity (Wildman–Crippen MR) is 129 cm³/mol. The minimum Gasteiger partial charge on any atom is -0.490 e. The molecule has 0 bridgehead atoms. The minimum atomic E-state index is -3.53. The summed E-state index contributed by atoms with van der Waals surface area (Å²) < 4.78 is 34.1. The fourth-order valence-corrected chi connectivity index (χ4v) is 4.18. The number of nitriles is 1. The number of rotatable bonds is 9. The highest BCUT2D eigenvalue weighted by Gasteiger charge is 2.17. The van der Waals surface area contributed by atoms with Crippen LogP contribution in [0.4, 0.5) is 5.13 Å². The number of carbonyl (C=O) groups excluding carboxylic acids is 1. The quantitative estimate of drug-likeness (QED) is 0.205. The molecule has 1 heterocycles. The van der Waals surface area contributed by atoms with Crippen LogP contribution in [0.25, 0.3) is 6.08 Å². The van der Waals surface area contributed by atoms with Crippen LogP contribution in [0, 0.1) is 25.2 Å². The zero-order chi connectivity index (χ0) is 24.7. The van der Waals surface area contributed by atoms with E-state index in [1.165, 1.54) is 11.6 Å². The number of hydrogen-bond acceptors (Lipinski definition) is 9. The van der Waals surface area contributed by atoms with Crippen LogP contribution in [0.15, 0.2) is 52.4 Å². The SMILES string of the molecule is Cc1ccc(OCCOc2ccc(/C=C(/C#N)C(=O)Nc3nnc(S(C)(=O)=O)s3)cc2)cc1C. The van der Waals surface area contributed by atoms with Gasteiger partial charge in [-0.15, -0.1) is 10.2 Å². The number of nitrogens with one attached hydrogen (secondary N) is 1. The zero-order valence-electron chi connectivity index (χ0n) is 18.7. The molecule has 0 fully saturated rings. The Bertz CT molecular complexity index is 1360. The van der Waals surface area contributed by atoms with E-state index in [0.717, 1.165) is 17.6 Å². The number of hydrogen-bond donors (Lipinski definition) is 1. The molecule has 176 valence electrons. The molecule has 0 unspecified atom stereocenters. The Morgan fingerprint density at radius 1 is 1.06 bits per heavy atom. The first-order valence-corrected chi connectivity index (χ1v) is 12.8. The minimum absolute atomic E-state index is 0.0154. The van der Waals surface area contributed by atoms with Crippen LogP contribution in [0.2, 0.25) is 0 Å². The molecule has 0 aliphatic carbocycles. The van der Waals surface area contributed by atoms with E-state index in [9.17, 15) is 18.5 Å². The smallest absolute Gasteiger partial charge is 0.268 e. The van der Waals surface area contributed by atoms with Crippen molar-refractivity contribution in [1.29, 1.82) is 5.26 Å². The molecular formula is C23H22N4O5S2. The largest absolute Gasteiger partial charge is 0.490 e. The Hall–Kier alpha value is -3.75. The van der Waals surface area contributed by atoms with E-state index < -0.39 is 15.7 Å². The number of benzene rings is 2. The summed E-state index contributed by atoms with van der Waals surface area (Å²) in [4.78, 5) is 12.4. The molecule has 9 nitrogen and oxygen atoms in total. The predicted octanol–water partition coefficient (Wildman–Crippen LogP) is 3.56. The zero-order valence-corrected chi connectivity index (χ0v) is 20.4. The molecule has 0 radical (unpaired) electrons. The standard InChI is InChI=1S/C23H22N4O5S2/c1-15-4-7-20(12-16(15)2)32-11-10-31-19-8-5-17(6-9-19)13-18(14-24)21(28)25-22-26-27-23(33-22)34(3,29)30/h4-9,12-13H,10-11H2,1-3H3,(H,25,26,28)/b18-13-. The van der Waals surface area contributed by atoms with Crippen molar-refractivity contribution in [2.45, 2.75) is 18.2 Å². The average molecular weight is 499 g/mol. The van der Waals surface area contributed by atoms with Gasteiger partial charge in [0.05, 0.1) is 0 Å². The number of aromatic nitrogens is 2. The van der Waals surface area contributed by atoms with Gasteiger partial charge in [0.1, 0.15) is 36.4 Å². The maximum absolute atomic E-state index is 12.4. The molecule has 11 heteroatoms. The summed E-state index contributed by atoms with van der Waals surface area (Å²) in [5.74, 6) is 0.684. The third kappa shape index (κ3) is 6.87. The molecule has 3 rings (SSSR count). The van der Waals surface area contributed by atoms with Crippen molar-refractivity contribution in [3.8, 4) is 17.6 Å². The highest BCUT2D eigenvalue weighted by molar-refractivity contribution is 7.92. The van der Waals surface area contributed by atoms with Gasteiger partial charge in [0.2, 0.25) is 19.3 Å². The second-order valence-corrected chi connectivity index (χ2v) is 10.4. The van der Waals surface area contributed by atoms with E-state index in [0.29, 0.717) is 35.9 Å². The van der Waals surface area contributed by atoms with Crippen LogP contribution in [0.3, 0.4) is 0 Å². The monoisotopic (exact) mass is 498 g/mol. The number of aryl methyl sites for hydroxylation is 2. The first-order chi connectivity index (χ1) is 16.2. The van der Waals surface area contributed by atoms with Gasteiger partial charge in [-0.05, 0) is 60.9 Å². The second kappa shape index (κ2) is 10.9. The van der Waals surface area contributed by atoms with Crippen LogP contribution < -0.4 is 14.8 Å². The Balaban J connectivity index is 1.54. The normalized spacial score (nSPS) is 11.5. The van der Waals surface area contributed by atoms with Crippen LogP contribution in [-0.2, 0) is 14.6 Å². The molecule has 34 heavy (non-hydrogen) atoms. The third-order valence-electron chi connectivity index (χ3n) is 4.60. The topological polar surface area (TPSA) is 131 Å². The van der Waals surface area contributed by atoms with Crippen molar-refractivity contribution < 1.29 is 22.7 Å². The fourth-order valence-electron chi connectivity index (χ4n) is 2.67. The van der Waals surface area contributed by atoms with Crippen molar-refractivity contribution in [2.24, 2.45) is 0 Å². The van der Waals surface area contributed by atoms with E-state index in [-0.39, 0.29) is 15.0 Å². The molecule has 0 aliphatic rings. The first kappa shape index (κ1) is 24.9. The van der Waals surface area contributed by atoms with E-state index in [1.54, 1.807) is 24.3 Å². The molecule has 1 N–H and O–H groups in total. The number of anilines is 1. The number of sulfone groups is 1. The molecule has 2 aromatic carbocycles. The Kier molecular flexibility index (Phi) is 7.99. The fraction of sp³-hybridized carbons (Fsp3) is 0.217. The van der Waals surface area contributed by atoms with Crippen molar-refractivity contribution in [1.82, 2.24) is 10.2 Å². The molecule has 0 atom stereocenters. The second-order valence-electron chi connectivity index (χ2n) is 7.28. The maximum atomic E-state index is 12.4. The summed E-state index contributed by atoms with van der Waals surface area (Å²) in [6.45, 7) is 4.81. The van der Waals surface area contributed by atoms with Gasteiger partial charge in [-0.3, -0.25) is 10.1 Å². The Morgan fingerprint density at radius 3 is 2.29 bits per heavy atom. The van der Waals surface area contributed by atoms with Gasteiger partial charge in [-0.25, -0.2) is 8.42 Å². The van der Waals surface area contributed by atoms with Crippen LogP contribution in [0.5, 0.6) is 11.5 Å². The van der Waals surface area contributed by atoms with Crippen LogP contribution in [0.1, 0.15) is 16.7 Å². The Morgan fingerprint density at radius 2 is 1.71 bits per heavy atom. The average Bonchev–Trinajstić information content (AvgIpc) is 3.27. The highest BCUT2D eigenvalue weighted by atomic mass is 32.2. The molecule has 0 spiro atoms. The van der Waals surface area contributed by atoms with Gasteiger partial charge >= 0.3 is 0 Å². The van der Waals surface area contributed by atoms with E-state index in [2.05, 4.69) is 15.5 Å². The third-order valence-corrected chi connectivity index (χ3v) is 7.11. The van der Waals surface area contributed by atoms with Crippen molar-refractivity contribution in [2.75, 3.05) is 24.8 Å². The summed E-state index contributed by atoms with van der Waals surface area (Å²) >= 11 is 0.708. The molecule has 0 saturated carbocycles. The van der Waals surface area contributed by atoms with E-state index >= 15 is 0 Å². The molecule has 1 amide bonds. The summed E-state index contributed by atoms with van der Waals surface area (Å²) in [6.07, 6.45) is 2.39. The molecule has 3 aromatic rings. The summed E-state index contributed by atoms with van der Waals surface area (Å²) in [5.41, 5.74) is 2.80. The molecule has 0 aliphatic heterocycles. The first-order valence-electron chi connectivity index (χ1n) is 10.1. The van der Waals surface area contributed by atoms with Gasteiger partial charge < -0.3 is 9.47 Å². The lowest BCUT2D eigenvalue weighted by Crippen LogP contribution is -2.13. The van der Waals surface area contributed by atoms with Crippen molar-refractivity contribution >= 4 is 38.3 Å².